The number of nitrogens with one attached hydrogen (secondary N) is 2. The molecule has 0 aliphatic heterocycles. The first-order valence-electron chi connectivity index (χ1n) is 6.25. The van der Waals surface area contributed by atoms with Crippen LogP contribution in [-0.4, -0.2) is 41.7 Å². The zero-order valence-corrected chi connectivity index (χ0v) is 11.6. The number of rotatable bonds is 8. The predicted molar refractivity (Wildman–Crippen MR) is 76.0 cm³/mol. The van der Waals surface area contributed by atoms with Gasteiger partial charge in [0.1, 0.15) is 0 Å². The molecule has 2 N–H and O–H groups in total. The maximum Gasteiger partial charge on any atom is 0.256 e. The molecular weight excluding hydrogens is 244 g/mol. The van der Waals surface area contributed by atoms with Crippen LogP contribution in [0.1, 0.15) is 20.3 Å². The second-order valence-electron chi connectivity index (χ2n) is 3.68. The van der Waals surface area contributed by atoms with Crippen molar-refractivity contribution in [2.75, 3.05) is 42.4 Å². The lowest BCUT2D eigenvalue weighted by Crippen LogP contribution is -2.22. The van der Waals surface area contributed by atoms with Crippen molar-refractivity contribution in [2.24, 2.45) is 0 Å². The summed E-state index contributed by atoms with van der Waals surface area (Å²) in [5, 5.41) is 7.54. The molecule has 1 aromatic rings. The summed E-state index contributed by atoms with van der Waals surface area (Å²) in [4.78, 5) is 18.1. The molecule has 104 valence electrons. The lowest BCUT2D eigenvalue weighted by molar-refractivity contribution is 0.131. The number of aromatic nitrogens is 3. The van der Waals surface area contributed by atoms with Gasteiger partial charge in [0.15, 0.2) is 0 Å². The van der Waals surface area contributed by atoms with Crippen molar-refractivity contribution in [3.05, 3.63) is 0 Å². The van der Waals surface area contributed by atoms with E-state index in [1.807, 2.05) is 6.92 Å². The molecule has 0 saturated carbocycles. The fourth-order valence-electron chi connectivity index (χ4n) is 1.28. The fraction of sp³-hybridized carbons (Fsp3) is 0.583. The Hall–Kier alpha value is -2.07. The van der Waals surface area contributed by atoms with Gasteiger partial charge in [-0.1, -0.05) is 12.8 Å². The quantitative estimate of drug-likeness (QED) is 0.538. The molecule has 0 aliphatic carbocycles. The number of terminal acetylenes is 1. The van der Waals surface area contributed by atoms with E-state index < -0.39 is 0 Å². The first-order chi connectivity index (χ1) is 9.21. The average Bonchev–Trinajstić information content (AvgIpc) is 2.43. The molecule has 1 heterocycles. The lowest BCUT2D eigenvalue weighted by atomic mass is 10.5. The summed E-state index contributed by atoms with van der Waals surface area (Å²) in [5.41, 5.74) is 0. The van der Waals surface area contributed by atoms with E-state index in [1.54, 1.807) is 7.05 Å². The smallest absolute Gasteiger partial charge is 0.256 e. The van der Waals surface area contributed by atoms with Gasteiger partial charge in [-0.3, -0.25) is 4.84 Å². The van der Waals surface area contributed by atoms with Gasteiger partial charge in [-0.2, -0.15) is 15.0 Å². The molecule has 1 aromatic heterocycles. The zero-order chi connectivity index (χ0) is 14.1. The monoisotopic (exact) mass is 264 g/mol. The molecule has 19 heavy (non-hydrogen) atoms. The summed E-state index contributed by atoms with van der Waals surface area (Å²) >= 11 is 0. The number of hydroxylamine groups is 1. The lowest BCUT2D eigenvalue weighted by Gasteiger charge is -2.17. The standard InChI is InChI=1S/C12H20N6O/c1-5-8-13-10-15-11(14-9-6-2)17-12(16-10)18(4)19-7-3/h1H,6-9H2,2-4H3,(H2,13,14,15,16,17). The number of anilines is 3. The highest BCUT2D eigenvalue weighted by molar-refractivity contribution is 5.42. The van der Waals surface area contributed by atoms with E-state index in [0.29, 0.717) is 31.0 Å². The predicted octanol–water partition coefficient (Wildman–Crippen LogP) is 1.13. The summed E-state index contributed by atoms with van der Waals surface area (Å²) < 4.78 is 0. The van der Waals surface area contributed by atoms with Gasteiger partial charge in [0, 0.05) is 13.6 Å². The second-order valence-corrected chi connectivity index (χ2v) is 3.68. The molecule has 0 unspecified atom stereocenters. The third kappa shape index (κ3) is 4.97. The highest BCUT2D eigenvalue weighted by Crippen LogP contribution is 2.12. The second kappa shape index (κ2) is 8.11. The molecule has 0 saturated heterocycles. The minimum Gasteiger partial charge on any atom is -0.354 e. The highest BCUT2D eigenvalue weighted by Gasteiger charge is 2.10. The highest BCUT2D eigenvalue weighted by atomic mass is 16.7. The Labute approximate surface area is 113 Å². The zero-order valence-electron chi connectivity index (χ0n) is 11.6. The van der Waals surface area contributed by atoms with Crippen LogP contribution in [0.15, 0.2) is 0 Å². The Morgan fingerprint density at radius 1 is 1.21 bits per heavy atom. The molecule has 0 aliphatic rings. The van der Waals surface area contributed by atoms with Crippen LogP contribution in [0, 0.1) is 12.3 Å². The topological polar surface area (TPSA) is 75.2 Å². The Kier molecular flexibility index (Phi) is 6.39. The number of hydrogen-bond acceptors (Lipinski definition) is 7. The van der Waals surface area contributed by atoms with Crippen LogP contribution in [0.4, 0.5) is 17.8 Å². The molecule has 0 spiro atoms. The van der Waals surface area contributed by atoms with Crippen molar-refractivity contribution in [1.29, 1.82) is 0 Å². The van der Waals surface area contributed by atoms with Crippen molar-refractivity contribution in [3.8, 4) is 12.3 Å². The first-order valence-corrected chi connectivity index (χ1v) is 6.25. The van der Waals surface area contributed by atoms with Gasteiger partial charge in [-0.25, -0.2) is 5.06 Å². The van der Waals surface area contributed by atoms with Crippen LogP contribution in [0.5, 0.6) is 0 Å². The Balaban J connectivity index is 2.91. The van der Waals surface area contributed by atoms with Gasteiger partial charge in [0.25, 0.3) is 5.95 Å². The maximum atomic E-state index is 5.33. The molecule has 0 atom stereocenters. The van der Waals surface area contributed by atoms with Gasteiger partial charge in [-0.15, -0.1) is 6.42 Å². The van der Waals surface area contributed by atoms with Crippen LogP contribution in [0.3, 0.4) is 0 Å². The van der Waals surface area contributed by atoms with Crippen molar-refractivity contribution in [2.45, 2.75) is 20.3 Å². The molecule has 1 rings (SSSR count). The summed E-state index contributed by atoms with van der Waals surface area (Å²) in [5.74, 6) is 3.82. The van der Waals surface area contributed by atoms with Crippen LogP contribution >= 0.6 is 0 Å². The molecule has 7 heteroatoms. The van der Waals surface area contributed by atoms with E-state index >= 15 is 0 Å². The summed E-state index contributed by atoms with van der Waals surface area (Å²) in [6, 6.07) is 0. The first kappa shape index (κ1) is 15.0. The third-order valence-corrected chi connectivity index (χ3v) is 2.11. The maximum absolute atomic E-state index is 5.33. The van der Waals surface area contributed by atoms with E-state index in [0.717, 1.165) is 13.0 Å². The van der Waals surface area contributed by atoms with E-state index in [2.05, 4.69) is 38.4 Å². The number of nitrogens with zero attached hydrogens (tertiary/aromatic N) is 4. The molecule has 0 bridgehead atoms. The SMILES string of the molecule is C#CCNc1nc(NCCC)nc(N(C)OCC)n1. The van der Waals surface area contributed by atoms with Gasteiger partial charge >= 0.3 is 0 Å². The third-order valence-electron chi connectivity index (χ3n) is 2.11. The minimum atomic E-state index is 0.356. The summed E-state index contributed by atoms with van der Waals surface area (Å²) in [6.07, 6.45) is 6.19. The van der Waals surface area contributed by atoms with E-state index in [-0.39, 0.29) is 0 Å². The van der Waals surface area contributed by atoms with Crippen molar-refractivity contribution in [1.82, 2.24) is 15.0 Å². The normalized spacial score (nSPS) is 9.79. The number of hydrogen-bond donors (Lipinski definition) is 2. The summed E-state index contributed by atoms with van der Waals surface area (Å²) in [7, 11) is 1.74. The van der Waals surface area contributed by atoms with Gasteiger partial charge in [0.05, 0.1) is 13.2 Å². The molecule has 0 fully saturated rings. The molecular formula is C12H20N6O. The molecule has 0 aromatic carbocycles. The van der Waals surface area contributed by atoms with Crippen LogP contribution < -0.4 is 15.7 Å². The van der Waals surface area contributed by atoms with Gasteiger partial charge < -0.3 is 10.6 Å². The molecule has 7 nitrogen and oxygen atoms in total. The van der Waals surface area contributed by atoms with Crippen molar-refractivity contribution in [3.63, 3.8) is 0 Å². The van der Waals surface area contributed by atoms with Crippen LogP contribution in [-0.2, 0) is 4.84 Å². The van der Waals surface area contributed by atoms with Gasteiger partial charge in [-0.05, 0) is 13.3 Å². The van der Waals surface area contributed by atoms with E-state index in [1.165, 1.54) is 5.06 Å². The van der Waals surface area contributed by atoms with Crippen LogP contribution in [0.25, 0.3) is 0 Å². The van der Waals surface area contributed by atoms with E-state index in [4.69, 9.17) is 11.3 Å². The molecule has 0 amide bonds. The van der Waals surface area contributed by atoms with Gasteiger partial charge in [0.2, 0.25) is 11.9 Å². The Morgan fingerprint density at radius 2 is 1.89 bits per heavy atom. The molecule has 0 radical (unpaired) electrons. The Bertz CT molecular complexity index is 431. The largest absolute Gasteiger partial charge is 0.354 e. The van der Waals surface area contributed by atoms with E-state index in [9.17, 15) is 0 Å². The minimum absolute atomic E-state index is 0.356. The van der Waals surface area contributed by atoms with Crippen molar-refractivity contribution >= 4 is 17.8 Å². The Morgan fingerprint density at radius 3 is 2.47 bits per heavy atom. The van der Waals surface area contributed by atoms with Crippen molar-refractivity contribution < 1.29 is 4.84 Å². The van der Waals surface area contributed by atoms with Crippen LogP contribution in [0.2, 0.25) is 0 Å². The fourth-order valence-corrected chi connectivity index (χ4v) is 1.28. The average molecular weight is 264 g/mol. The summed E-state index contributed by atoms with van der Waals surface area (Å²) in [6.45, 7) is 5.64.